The number of ether oxygens (including phenoxy) is 1. The summed E-state index contributed by atoms with van der Waals surface area (Å²) in [5.41, 5.74) is 7.50. The second-order valence-corrected chi connectivity index (χ2v) is 14.0. The molecule has 4 aliphatic rings. The van der Waals surface area contributed by atoms with E-state index in [1.807, 2.05) is 24.3 Å². The predicted octanol–water partition coefficient (Wildman–Crippen LogP) is 8.76. The maximum atomic E-state index is 12.4. The van der Waals surface area contributed by atoms with Crippen molar-refractivity contribution in [2.45, 2.75) is 64.7 Å². The zero-order chi connectivity index (χ0) is 29.2. The lowest BCUT2D eigenvalue weighted by Crippen LogP contribution is -2.35. The third-order valence-corrected chi connectivity index (χ3v) is 11.0. The predicted molar refractivity (Wildman–Crippen MR) is 168 cm³/mol. The molecule has 0 amide bonds. The number of benzene rings is 2. The minimum atomic E-state index is -0.248. The van der Waals surface area contributed by atoms with Crippen molar-refractivity contribution in [2.75, 3.05) is 25.1 Å². The van der Waals surface area contributed by atoms with Crippen molar-refractivity contribution in [3.63, 3.8) is 0 Å². The van der Waals surface area contributed by atoms with Gasteiger partial charge in [0, 0.05) is 35.8 Å². The van der Waals surface area contributed by atoms with Gasteiger partial charge in [-0.05, 0) is 104 Å². The summed E-state index contributed by atoms with van der Waals surface area (Å²) in [7, 11) is 1.46. The van der Waals surface area contributed by atoms with Gasteiger partial charge >= 0.3 is 5.97 Å². The van der Waals surface area contributed by atoms with Gasteiger partial charge in [-0.3, -0.25) is 0 Å². The normalized spacial score (nSPS) is 23.4. The zero-order valence-corrected chi connectivity index (χ0v) is 26.1. The number of carbonyl (C=O) groups excluding carboxylic acids is 1. The molecule has 1 aliphatic heterocycles. The summed E-state index contributed by atoms with van der Waals surface area (Å²) in [5, 5.41) is 5.77. The number of hydrogen-bond acceptors (Lipinski definition) is 5. The van der Waals surface area contributed by atoms with E-state index in [1.165, 1.54) is 43.2 Å². The summed E-state index contributed by atoms with van der Waals surface area (Å²) >= 11 is 13.2. The van der Waals surface area contributed by atoms with Gasteiger partial charge in [-0.25, -0.2) is 4.79 Å². The molecule has 3 atom stereocenters. The number of anilines is 1. The van der Waals surface area contributed by atoms with E-state index in [4.69, 9.17) is 32.5 Å². The van der Waals surface area contributed by atoms with Gasteiger partial charge in [-0.1, -0.05) is 60.4 Å². The Morgan fingerprint density at radius 1 is 1.17 bits per heavy atom. The van der Waals surface area contributed by atoms with E-state index in [2.05, 4.69) is 42.1 Å². The SMILES string of the molecule is COC(=O)C1=C[C@H](C)Cc2cc(N3CCC4(CC3)CC4C(C)Cc3c(-c4c(Cl)cccc4Cl)noc3C3CC3)ccc21. The van der Waals surface area contributed by atoms with E-state index in [1.54, 1.807) is 0 Å². The minimum absolute atomic E-state index is 0.248. The number of aromatic nitrogens is 1. The number of methoxy groups -OCH3 is 1. The molecule has 1 spiro atoms. The first-order chi connectivity index (χ1) is 20.3. The number of fused-ring (bicyclic) bond motifs is 1. The van der Waals surface area contributed by atoms with Gasteiger partial charge in [0.2, 0.25) is 0 Å². The molecule has 2 unspecified atom stereocenters. The van der Waals surface area contributed by atoms with Gasteiger partial charge in [0.05, 0.1) is 22.7 Å². The summed E-state index contributed by atoms with van der Waals surface area (Å²) < 4.78 is 11.0. The fourth-order valence-corrected chi connectivity index (χ4v) is 8.39. The van der Waals surface area contributed by atoms with E-state index in [-0.39, 0.29) is 5.97 Å². The van der Waals surface area contributed by atoms with Crippen molar-refractivity contribution in [3.05, 3.63) is 75.0 Å². The highest BCUT2D eigenvalue weighted by atomic mass is 35.5. The van der Waals surface area contributed by atoms with Crippen LogP contribution in [0, 0.1) is 23.2 Å². The maximum absolute atomic E-state index is 12.4. The molecule has 42 heavy (non-hydrogen) atoms. The van der Waals surface area contributed by atoms with Crippen LogP contribution in [0.25, 0.3) is 16.8 Å². The van der Waals surface area contributed by atoms with Gasteiger partial charge < -0.3 is 14.2 Å². The first kappa shape index (κ1) is 28.0. The van der Waals surface area contributed by atoms with Gasteiger partial charge in [0.25, 0.3) is 0 Å². The van der Waals surface area contributed by atoms with Crippen molar-refractivity contribution in [3.8, 4) is 11.3 Å². The van der Waals surface area contributed by atoms with Crippen LogP contribution in [-0.2, 0) is 22.4 Å². The number of hydrogen-bond donors (Lipinski definition) is 0. The number of rotatable bonds is 7. The number of halogens is 2. The summed E-state index contributed by atoms with van der Waals surface area (Å²) in [5.74, 6) is 2.83. The quantitative estimate of drug-likeness (QED) is 0.252. The van der Waals surface area contributed by atoms with Crippen molar-refractivity contribution >= 4 is 40.4 Å². The highest BCUT2D eigenvalue weighted by Gasteiger charge is 2.56. The van der Waals surface area contributed by atoms with Gasteiger partial charge in [0.15, 0.2) is 0 Å². The average Bonchev–Trinajstić information content (AvgIpc) is 3.91. The largest absolute Gasteiger partial charge is 0.465 e. The van der Waals surface area contributed by atoms with Gasteiger partial charge in [-0.2, -0.15) is 0 Å². The molecule has 0 bridgehead atoms. The van der Waals surface area contributed by atoms with Gasteiger partial charge in [0.1, 0.15) is 11.5 Å². The Kier molecular flexibility index (Phi) is 7.18. The fourth-order valence-electron chi connectivity index (χ4n) is 7.82. The van der Waals surface area contributed by atoms with E-state index in [0.717, 1.165) is 61.4 Å². The molecule has 1 saturated heterocycles. The topological polar surface area (TPSA) is 55.6 Å². The van der Waals surface area contributed by atoms with Crippen LogP contribution < -0.4 is 4.90 Å². The van der Waals surface area contributed by atoms with E-state index in [0.29, 0.717) is 44.7 Å². The molecule has 1 aromatic heterocycles. The Bertz CT molecular complexity index is 1540. The van der Waals surface area contributed by atoms with Gasteiger partial charge in [-0.15, -0.1) is 0 Å². The molecule has 7 rings (SSSR count). The minimum Gasteiger partial charge on any atom is -0.465 e. The molecule has 2 saturated carbocycles. The molecule has 5 nitrogen and oxygen atoms in total. The smallest absolute Gasteiger partial charge is 0.338 e. The molecule has 2 heterocycles. The Hall–Kier alpha value is -2.76. The Labute approximate surface area is 258 Å². The van der Waals surface area contributed by atoms with E-state index >= 15 is 0 Å². The molecule has 7 heteroatoms. The van der Waals surface area contributed by atoms with Crippen LogP contribution in [0.15, 0.2) is 47.0 Å². The molecule has 0 N–H and O–H groups in total. The van der Waals surface area contributed by atoms with Crippen LogP contribution >= 0.6 is 23.2 Å². The summed E-state index contributed by atoms with van der Waals surface area (Å²) in [4.78, 5) is 14.9. The molecule has 3 aromatic rings. The van der Waals surface area contributed by atoms with Crippen LogP contribution in [0.4, 0.5) is 5.69 Å². The molecule has 2 aromatic carbocycles. The zero-order valence-electron chi connectivity index (χ0n) is 24.6. The highest BCUT2D eigenvalue weighted by Crippen LogP contribution is 2.63. The second kappa shape index (κ2) is 10.7. The monoisotopic (exact) mass is 604 g/mol. The lowest BCUT2D eigenvalue weighted by molar-refractivity contribution is -0.133. The Morgan fingerprint density at radius 2 is 1.90 bits per heavy atom. The average molecular weight is 606 g/mol. The van der Waals surface area contributed by atoms with Crippen LogP contribution in [0.3, 0.4) is 0 Å². The maximum Gasteiger partial charge on any atom is 0.338 e. The number of esters is 1. The molecule has 220 valence electrons. The summed E-state index contributed by atoms with van der Waals surface area (Å²) in [6, 6.07) is 12.2. The first-order valence-electron chi connectivity index (χ1n) is 15.4. The van der Waals surface area contributed by atoms with E-state index < -0.39 is 0 Å². The first-order valence-corrected chi connectivity index (χ1v) is 16.1. The Morgan fingerprint density at radius 3 is 2.60 bits per heavy atom. The van der Waals surface area contributed by atoms with E-state index in [9.17, 15) is 4.79 Å². The number of allylic oxidation sites excluding steroid dienone is 1. The fraction of sp³-hybridized carbons (Fsp3) is 0.486. The van der Waals surface area contributed by atoms with Crippen LogP contribution in [-0.4, -0.2) is 31.3 Å². The summed E-state index contributed by atoms with van der Waals surface area (Å²) in [6.07, 6.45) is 10.00. The number of carbonyl (C=O) groups is 1. The lowest BCUT2D eigenvalue weighted by Gasteiger charge is -2.36. The van der Waals surface area contributed by atoms with Crippen molar-refractivity contribution in [2.24, 2.45) is 23.2 Å². The number of piperidine rings is 1. The Balaban J connectivity index is 1.04. The van der Waals surface area contributed by atoms with Crippen molar-refractivity contribution in [1.29, 1.82) is 0 Å². The second-order valence-electron chi connectivity index (χ2n) is 13.2. The third kappa shape index (κ3) is 4.97. The van der Waals surface area contributed by atoms with Crippen LogP contribution in [0.2, 0.25) is 10.0 Å². The van der Waals surface area contributed by atoms with Crippen molar-refractivity contribution < 1.29 is 14.1 Å². The van der Waals surface area contributed by atoms with Crippen molar-refractivity contribution in [1.82, 2.24) is 5.16 Å². The molecule has 3 aliphatic carbocycles. The lowest BCUT2D eigenvalue weighted by atomic mass is 9.83. The highest BCUT2D eigenvalue weighted by molar-refractivity contribution is 6.39. The van der Waals surface area contributed by atoms with Crippen LogP contribution in [0.5, 0.6) is 0 Å². The summed E-state index contributed by atoms with van der Waals surface area (Å²) in [6.45, 7) is 6.71. The molecular formula is C35H38Cl2N2O3. The number of nitrogens with zero attached hydrogens (tertiary/aromatic N) is 2. The third-order valence-electron chi connectivity index (χ3n) is 10.3. The molecular weight excluding hydrogens is 567 g/mol. The molecule has 0 radical (unpaired) electrons. The van der Waals surface area contributed by atoms with Crippen LogP contribution in [0.1, 0.15) is 74.3 Å². The standard InChI is InChI=1S/C35H38Cl2N2O3/c1-20-15-23-18-24(9-10-25(23)26(16-20)34(40)41-3)39-13-11-35(12-14-39)19-28(35)21(2)17-27-32(38-42-33(27)22-7-8-22)31-29(36)5-4-6-30(31)37/h4-6,9-10,16,18,20-22,28H,7-8,11-15,17,19H2,1-3H3/t20-,21?,28?/m1/s1. The molecule has 3 fully saturated rings.